The maximum Gasteiger partial charge on any atom is 0.138 e. The minimum absolute atomic E-state index is 0.201. The topological polar surface area (TPSA) is 58.7 Å². The third kappa shape index (κ3) is 5.68. The number of nitrogens with zero attached hydrogens (tertiary/aromatic N) is 1. The number of ether oxygens (including phenoxy) is 1. The Morgan fingerprint density at radius 2 is 2.25 bits per heavy atom. The number of aliphatic hydroxyl groups is 1. The summed E-state index contributed by atoms with van der Waals surface area (Å²) in [5.41, 5.74) is 6.56. The molecular weight excluding hydrogens is 259 g/mol. The van der Waals surface area contributed by atoms with Crippen molar-refractivity contribution in [2.45, 2.75) is 12.6 Å². The maximum atomic E-state index is 13.5. The summed E-state index contributed by atoms with van der Waals surface area (Å²) >= 11 is 0. The lowest BCUT2D eigenvalue weighted by Gasteiger charge is -2.20. The van der Waals surface area contributed by atoms with Crippen LogP contribution in [0.5, 0.6) is 0 Å². The van der Waals surface area contributed by atoms with Gasteiger partial charge >= 0.3 is 0 Å². The smallest absolute Gasteiger partial charge is 0.138 e. The first-order valence-electron chi connectivity index (χ1n) is 6.39. The highest BCUT2D eigenvalue weighted by atomic mass is 19.1. The molecule has 0 aromatic heterocycles. The molecule has 20 heavy (non-hydrogen) atoms. The monoisotopic (exact) mass is 280 g/mol. The summed E-state index contributed by atoms with van der Waals surface area (Å²) in [6.07, 6.45) is -0.540. The van der Waals surface area contributed by atoms with Crippen molar-refractivity contribution < 1.29 is 14.2 Å². The van der Waals surface area contributed by atoms with E-state index in [0.717, 1.165) is 5.56 Å². The van der Waals surface area contributed by atoms with Crippen molar-refractivity contribution >= 4 is 0 Å². The average Bonchev–Trinajstić information content (AvgIpc) is 2.39. The van der Waals surface area contributed by atoms with Crippen molar-refractivity contribution in [3.8, 4) is 11.8 Å². The second-order valence-corrected chi connectivity index (χ2v) is 4.63. The summed E-state index contributed by atoms with van der Waals surface area (Å²) in [5.74, 6) is 5.00. The van der Waals surface area contributed by atoms with Crippen molar-refractivity contribution in [2.75, 3.05) is 33.9 Å². The van der Waals surface area contributed by atoms with E-state index >= 15 is 0 Å². The van der Waals surface area contributed by atoms with Crippen LogP contribution in [-0.2, 0) is 11.3 Å². The Morgan fingerprint density at radius 1 is 1.50 bits per heavy atom. The highest BCUT2D eigenvalue weighted by Crippen LogP contribution is 2.11. The molecule has 0 saturated heterocycles. The lowest BCUT2D eigenvalue weighted by molar-refractivity contribution is 0.0419. The van der Waals surface area contributed by atoms with Gasteiger partial charge in [-0.15, -0.1) is 0 Å². The minimum atomic E-state index is -0.540. The van der Waals surface area contributed by atoms with Crippen LogP contribution in [0.25, 0.3) is 0 Å². The van der Waals surface area contributed by atoms with Crippen molar-refractivity contribution in [2.24, 2.45) is 5.73 Å². The standard InChI is InChI=1S/C15H21FN2O2/c1-18(10-14(19)11-20-2)9-12-5-6-15(16)13(8-12)4-3-7-17/h5-6,8,14,19H,7,9-11,17H2,1-2H3. The third-order valence-electron chi connectivity index (χ3n) is 2.69. The Hall–Kier alpha value is -1.45. The number of benzene rings is 1. The number of halogens is 1. The van der Waals surface area contributed by atoms with E-state index in [1.807, 2.05) is 11.9 Å². The summed E-state index contributed by atoms with van der Waals surface area (Å²) in [6, 6.07) is 4.81. The second-order valence-electron chi connectivity index (χ2n) is 4.63. The Labute approximate surface area is 119 Å². The first-order valence-corrected chi connectivity index (χ1v) is 6.39. The molecule has 0 heterocycles. The molecule has 0 radical (unpaired) electrons. The molecule has 110 valence electrons. The van der Waals surface area contributed by atoms with Gasteiger partial charge in [0.25, 0.3) is 0 Å². The van der Waals surface area contributed by atoms with Crippen molar-refractivity contribution in [1.82, 2.24) is 4.90 Å². The fourth-order valence-corrected chi connectivity index (χ4v) is 1.89. The third-order valence-corrected chi connectivity index (χ3v) is 2.69. The molecule has 1 rings (SSSR count). The highest BCUT2D eigenvalue weighted by Gasteiger charge is 2.09. The van der Waals surface area contributed by atoms with E-state index in [9.17, 15) is 9.50 Å². The Bertz CT molecular complexity index is 482. The molecule has 1 unspecified atom stereocenters. The lowest BCUT2D eigenvalue weighted by Crippen LogP contribution is -2.31. The number of hydrogen-bond acceptors (Lipinski definition) is 4. The molecule has 0 saturated carbocycles. The molecule has 4 nitrogen and oxygen atoms in total. The van der Waals surface area contributed by atoms with Gasteiger partial charge in [0, 0.05) is 20.2 Å². The summed E-state index contributed by atoms with van der Waals surface area (Å²) in [4.78, 5) is 1.94. The zero-order chi connectivity index (χ0) is 15.0. The molecule has 0 amide bonds. The zero-order valence-corrected chi connectivity index (χ0v) is 11.9. The number of methoxy groups -OCH3 is 1. The van der Waals surface area contributed by atoms with Gasteiger partial charge in [0.05, 0.1) is 24.8 Å². The number of rotatable bonds is 6. The molecule has 0 aliphatic carbocycles. The van der Waals surface area contributed by atoms with Crippen molar-refractivity contribution in [3.05, 3.63) is 35.1 Å². The molecule has 3 N–H and O–H groups in total. The predicted molar refractivity (Wildman–Crippen MR) is 76.5 cm³/mol. The van der Waals surface area contributed by atoms with E-state index < -0.39 is 6.10 Å². The van der Waals surface area contributed by atoms with E-state index in [1.165, 1.54) is 6.07 Å². The van der Waals surface area contributed by atoms with Crippen molar-refractivity contribution in [1.29, 1.82) is 0 Å². The molecular formula is C15H21FN2O2. The summed E-state index contributed by atoms with van der Waals surface area (Å²) < 4.78 is 18.4. The van der Waals surface area contributed by atoms with Crippen LogP contribution in [0.1, 0.15) is 11.1 Å². The quantitative estimate of drug-likeness (QED) is 0.748. The summed E-state index contributed by atoms with van der Waals surface area (Å²) in [6.45, 7) is 1.57. The average molecular weight is 280 g/mol. The van der Waals surface area contributed by atoms with Gasteiger partial charge in [-0.2, -0.15) is 0 Å². The van der Waals surface area contributed by atoms with Gasteiger partial charge in [-0.05, 0) is 24.7 Å². The fourth-order valence-electron chi connectivity index (χ4n) is 1.89. The Kier molecular flexibility index (Phi) is 7.20. The van der Waals surface area contributed by atoms with Gasteiger partial charge in [0.2, 0.25) is 0 Å². The first-order chi connectivity index (χ1) is 9.56. The summed E-state index contributed by atoms with van der Waals surface area (Å²) in [7, 11) is 3.43. The van der Waals surface area contributed by atoms with Crippen LogP contribution in [0, 0.1) is 17.7 Å². The van der Waals surface area contributed by atoms with Crippen LogP contribution in [0.2, 0.25) is 0 Å². The fraction of sp³-hybridized carbons (Fsp3) is 0.467. The minimum Gasteiger partial charge on any atom is -0.389 e. The van der Waals surface area contributed by atoms with Gasteiger partial charge in [0.15, 0.2) is 0 Å². The summed E-state index contributed by atoms with van der Waals surface area (Å²) in [5, 5.41) is 9.65. The molecule has 0 bridgehead atoms. The number of likely N-dealkylation sites (N-methyl/N-ethyl adjacent to an activating group) is 1. The molecule has 0 spiro atoms. The molecule has 1 atom stereocenters. The van der Waals surface area contributed by atoms with Gasteiger partial charge in [-0.25, -0.2) is 4.39 Å². The van der Waals surface area contributed by atoms with Gasteiger partial charge in [-0.1, -0.05) is 17.9 Å². The molecule has 0 fully saturated rings. The van der Waals surface area contributed by atoms with Crippen LogP contribution < -0.4 is 5.73 Å². The van der Waals surface area contributed by atoms with E-state index in [2.05, 4.69) is 11.8 Å². The Morgan fingerprint density at radius 3 is 2.90 bits per heavy atom. The van der Waals surface area contributed by atoms with E-state index in [1.54, 1.807) is 19.2 Å². The Balaban J connectivity index is 2.68. The first kappa shape index (κ1) is 16.6. The zero-order valence-electron chi connectivity index (χ0n) is 11.9. The molecule has 1 aromatic carbocycles. The van der Waals surface area contributed by atoms with Crippen LogP contribution in [-0.4, -0.2) is 50.0 Å². The normalized spacial score (nSPS) is 12.1. The van der Waals surface area contributed by atoms with Crippen LogP contribution in [0.4, 0.5) is 4.39 Å². The van der Waals surface area contributed by atoms with Crippen molar-refractivity contribution in [3.63, 3.8) is 0 Å². The van der Waals surface area contributed by atoms with Crippen LogP contribution >= 0.6 is 0 Å². The van der Waals surface area contributed by atoms with Gasteiger partial charge in [-0.3, -0.25) is 4.90 Å². The van der Waals surface area contributed by atoms with Gasteiger partial charge < -0.3 is 15.6 Å². The second kappa shape index (κ2) is 8.67. The highest BCUT2D eigenvalue weighted by molar-refractivity contribution is 5.38. The molecule has 0 aliphatic rings. The maximum absolute atomic E-state index is 13.5. The molecule has 0 aliphatic heterocycles. The van der Waals surface area contributed by atoms with E-state index in [0.29, 0.717) is 25.3 Å². The number of hydrogen-bond donors (Lipinski definition) is 2. The van der Waals surface area contributed by atoms with Crippen LogP contribution in [0.3, 0.4) is 0 Å². The van der Waals surface area contributed by atoms with Crippen LogP contribution in [0.15, 0.2) is 18.2 Å². The van der Waals surface area contributed by atoms with E-state index in [-0.39, 0.29) is 12.4 Å². The number of aliphatic hydroxyl groups excluding tert-OH is 1. The van der Waals surface area contributed by atoms with Gasteiger partial charge in [0.1, 0.15) is 5.82 Å². The predicted octanol–water partition coefficient (Wildman–Crippen LogP) is 0.575. The largest absolute Gasteiger partial charge is 0.389 e. The SMILES string of the molecule is COCC(O)CN(C)Cc1ccc(F)c(C#CCN)c1. The lowest BCUT2D eigenvalue weighted by atomic mass is 10.1. The van der Waals surface area contributed by atoms with E-state index in [4.69, 9.17) is 10.5 Å². The molecule has 5 heteroatoms. The molecule has 1 aromatic rings. The number of nitrogens with two attached hydrogens (primary N) is 1.